The Bertz CT molecular complexity index is 341. The van der Waals surface area contributed by atoms with E-state index in [2.05, 4.69) is 0 Å². The first kappa shape index (κ1) is 13.0. The van der Waals surface area contributed by atoms with Crippen molar-refractivity contribution < 1.29 is 19.8 Å². The Morgan fingerprint density at radius 2 is 1.33 bits per heavy atom. The van der Waals surface area contributed by atoms with Gasteiger partial charge < -0.3 is 15.9 Å². The van der Waals surface area contributed by atoms with Crippen LogP contribution in [-0.4, -0.2) is 22.2 Å². The monoisotopic (exact) mass is 211 g/mol. The van der Waals surface area contributed by atoms with Crippen LogP contribution in [0.5, 0.6) is 0 Å². The lowest BCUT2D eigenvalue weighted by Gasteiger charge is -1.99. The molecule has 0 aromatic heterocycles. The topological polar surface area (TPSA) is 101 Å². The molecular formula is C10H13NO4. The first-order chi connectivity index (χ1) is 7.00. The lowest BCUT2D eigenvalue weighted by molar-refractivity contribution is 0.0696. The van der Waals surface area contributed by atoms with Gasteiger partial charge in [-0.3, -0.25) is 0 Å². The minimum atomic E-state index is -1.20. The van der Waals surface area contributed by atoms with Crippen LogP contribution in [-0.2, 0) is 0 Å². The highest BCUT2D eigenvalue weighted by Gasteiger charge is 2.09. The summed E-state index contributed by atoms with van der Waals surface area (Å²) in [4.78, 5) is 21.0. The maximum atomic E-state index is 10.5. The third-order valence-corrected chi connectivity index (χ3v) is 1.45. The second-order valence-electron chi connectivity index (χ2n) is 2.45. The van der Waals surface area contributed by atoms with E-state index in [1.165, 1.54) is 12.1 Å². The molecule has 0 fully saturated rings. The Balaban J connectivity index is 0.000000921. The maximum absolute atomic E-state index is 10.5. The van der Waals surface area contributed by atoms with Crippen molar-refractivity contribution in [1.29, 1.82) is 0 Å². The van der Waals surface area contributed by atoms with Crippen molar-refractivity contribution in [1.82, 2.24) is 0 Å². The molecule has 0 radical (unpaired) electrons. The van der Waals surface area contributed by atoms with E-state index in [4.69, 9.17) is 15.9 Å². The molecule has 0 saturated carbocycles. The molecule has 4 N–H and O–H groups in total. The summed E-state index contributed by atoms with van der Waals surface area (Å²) in [5.74, 6) is -2.40. The average molecular weight is 211 g/mol. The van der Waals surface area contributed by atoms with Gasteiger partial charge in [-0.25, -0.2) is 9.59 Å². The van der Waals surface area contributed by atoms with Gasteiger partial charge in [-0.1, -0.05) is 13.8 Å². The van der Waals surface area contributed by atoms with Gasteiger partial charge in [0.2, 0.25) is 0 Å². The van der Waals surface area contributed by atoms with Crippen LogP contribution in [0.15, 0.2) is 18.2 Å². The van der Waals surface area contributed by atoms with Gasteiger partial charge in [0.1, 0.15) is 0 Å². The van der Waals surface area contributed by atoms with Crippen LogP contribution in [0.4, 0.5) is 5.69 Å². The van der Waals surface area contributed by atoms with E-state index >= 15 is 0 Å². The predicted molar refractivity (Wildman–Crippen MR) is 56.1 cm³/mol. The molecular weight excluding hydrogens is 198 g/mol. The Morgan fingerprint density at radius 1 is 1.00 bits per heavy atom. The van der Waals surface area contributed by atoms with E-state index in [-0.39, 0.29) is 16.8 Å². The van der Waals surface area contributed by atoms with Crippen molar-refractivity contribution in [3.8, 4) is 0 Å². The fraction of sp³-hybridized carbons (Fsp3) is 0.200. The zero-order valence-corrected chi connectivity index (χ0v) is 8.52. The van der Waals surface area contributed by atoms with Crippen LogP contribution in [0.1, 0.15) is 34.6 Å². The molecule has 0 saturated heterocycles. The molecule has 15 heavy (non-hydrogen) atoms. The molecule has 5 nitrogen and oxygen atoms in total. The number of rotatable bonds is 2. The molecule has 0 atom stereocenters. The summed E-state index contributed by atoms with van der Waals surface area (Å²) in [5.41, 5.74) is 5.18. The number of carboxylic acids is 2. The van der Waals surface area contributed by atoms with Crippen LogP contribution in [0, 0.1) is 0 Å². The van der Waals surface area contributed by atoms with Crippen molar-refractivity contribution >= 4 is 17.6 Å². The minimum Gasteiger partial charge on any atom is -0.478 e. The largest absolute Gasteiger partial charge is 0.478 e. The zero-order valence-electron chi connectivity index (χ0n) is 8.52. The first-order valence-electron chi connectivity index (χ1n) is 4.38. The average Bonchev–Trinajstić information content (AvgIpc) is 2.19. The molecule has 1 aromatic carbocycles. The third-order valence-electron chi connectivity index (χ3n) is 1.45. The molecule has 0 aliphatic heterocycles. The van der Waals surface area contributed by atoms with Gasteiger partial charge in [-0.2, -0.15) is 0 Å². The molecule has 82 valence electrons. The molecule has 0 heterocycles. The van der Waals surface area contributed by atoms with Gasteiger partial charge in [-0.05, 0) is 18.2 Å². The standard InChI is InChI=1S/C8H7NO4.C2H6/c9-6-2-4(7(10)11)1-5(3-6)8(12)13;1-2/h1-3H,9H2,(H,10,11)(H,12,13);1-2H3. The van der Waals surface area contributed by atoms with Gasteiger partial charge in [-0.15, -0.1) is 0 Å². The number of carboxylic acid groups (broad SMARTS) is 2. The zero-order chi connectivity index (χ0) is 12.0. The smallest absolute Gasteiger partial charge is 0.335 e. The maximum Gasteiger partial charge on any atom is 0.335 e. The number of nitrogens with two attached hydrogens (primary N) is 1. The summed E-state index contributed by atoms with van der Waals surface area (Å²) >= 11 is 0. The first-order valence-corrected chi connectivity index (χ1v) is 4.38. The Labute approximate surface area is 87.1 Å². The van der Waals surface area contributed by atoms with Crippen LogP contribution < -0.4 is 5.73 Å². The van der Waals surface area contributed by atoms with E-state index in [1.807, 2.05) is 13.8 Å². The molecule has 0 amide bonds. The summed E-state index contributed by atoms with van der Waals surface area (Å²) in [6.07, 6.45) is 0. The van der Waals surface area contributed by atoms with E-state index in [9.17, 15) is 9.59 Å². The van der Waals surface area contributed by atoms with E-state index in [1.54, 1.807) is 0 Å². The molecule has 0 aliphatic carbocycles. The van der Waals surface area contributed by atoms with Crippen LogP contribution in [0.25, 0.3) is 0 Å². The molecule has 0 spiro atoms. The van der Waals surface area contributed by atoms with Gasteiger partial charge >= 0.3 is 11.9 Å². The van der Waals surface area contributed by atoms with Crippen molar-refractivity contribution in [3.05, 3.63) is 29.3 Å². The van der Waals surface area contributed by atoms with Gasteiger partial charge in [0.25, 0.3) is 0 Å². The number of carbonyl (C=O) groups is 2. The number of hydrogen-bond acceptors (Lipinski definition) is 3. The summed E-state index contributed by atoms with van der Waals surface area (Å²) < 4.78 is 0. The number of anilines is 1. The quantitative estimate of drug-likeness (QED) is 0.646. The number of nitrogen functional groups attached to an aromatic ring is 1. The van der Waals surface area contributed by atoms with Crippen molar-refractivity contribution in [2.24, 2.45) is 0 Å². The number of aromatic carboxylic acids is 2. The Kier molecular flexibility index (Phi) is 4.87. The van der Waals surface area contributed by atoms with E-state index in [0.29, 0.717) is 0 Å². The van der Waals surface area contributed by atoms with E-state index < -0.39 is 11.9 Å². The summed E-state index contributed by atoms with van der Waals surface area (Å²) in [6, 6.07) is 3.46. The second kappa shape index (κ2) is 5.64. The van der Waals surface area contributed by atoms with Crippen LogP contribution in [0.2, 0.25) is 0 Å². The fourth-order valence-electron chi connectivity index (χ4n) is 0.899. The summed E-state index contributed by atoms with van der Waals surface area (Å²) in [5, 5.41) is 17.1. The number of benzene rings is 1. The highest BCUT2D eigenvalue weighted by molar-refractivity contribution is 5.95. The minimum absolute atomic E-state index is 0.123. The third kappa shape index (κ3) is 3.68. The summed E-state index contributed by atoms with van der Waals surface area (Å²) in [6.45, 7) is 4.00. The van der Waals surface area contributed by atoms with E-state index in [0.717, 1.165) is 6.07 Å². The predicted octanol–water partition coefficient (Wildman–Crippen LogP) is 1.69. The molecule has 1 rings (SSSR count). The molecule has 0 bridgehead atoms. The number of hydrogen-bond donors (Lipinski definition) is 3. The normalized spacial score (nSPS) is 8.67. The lowest BCUT2D eigenvalue weighted by atomic mass is 10.1. The van der Waals surface area contributed by atoms with Crippen LogP contribution >= 0.6 is 0 Å². The Hall–Kier alpha value is -2.04. The molecule has 5 heteroatoms. The van der Waals surface area contributed by atoms with Crippen molar-refractivity contribution in [3.63, 3.8) is 0 Å². The molecule has 0 unspecified atom stereocenters. The molecule has 0 aliphatic rings. The second-order valence-corrected chi connectivity index (χ2v) is 2.45. The highest BCUT2D eigenvalue weighted by Crippen LogP contribution is 2.11. The van der Waals surface area contributed by atoms with Gasteiger partial charge in [0.05, 0.1) is 11.1 Å². The summed E-state index contributed by atoms with van der Waals surface area (Å²) in [7, 11) is 0. The van der Waals surface area contributed by atoms with Crippen molar-refractivity contribution in [2.45, 2.75) is 13.8 Å². The van der Waals surface area contributed by atoms with Gasteiger partial charge in [0, 0.05) is 5.69 Å². The molecule has 1 aromatic rings. The Morgan fingerprint density at radius 3 is 1.60 bits per heavy atom. The SMILES string of the molecule is CC.Nc1cc(C(=O)O)cc(C(=O)O)c1. The van der Waals surface area contributed by atoms with Crippen molar-refractivity contribution in [2.75, 3.05) is 5.73 Å². The highest BCUT2D eigenvalue weighted by atomic mass is 16.4. The van der Waals surface area contributed by atoms with Crippen LogP contribution in [0.3, 0.4) is 0 Å². The van der Waals surface area contributed by atoms with Gasteiger partial charge in [0.15, 0.2) is 0 Å². The lowest BCUT2D eigenvalue weighted by Crippen LogP contribution is -2.03. The fourth-order valence-corrected chi connectivity index (χ4v) is 0.899.